The number of aryl methyl sites for hydroxylation is 1. The summed E-state index contributed by atoms with van der Waals surface area (Å²) in [5.74, 6) is 0.612. The van der Waals surface area contributed by atoms with E-state index < -0.39 is 10.0 Å². The molecule has 5 nitrogen and oxygen atoms in total. The zero-order valence-electron chi connectivity index (χ0n) is 12.0. The molecule has 2 aromatic rings. The van der Waals surface area contributed by atoms with Crippen molar-refractivity contribution in [2.75, 3.05) is 13.6 Å². The lowest BCUT2D eigenvalue weighted by molar-refractivity contribution is 0.406. The minimum Gasteiger partial charge on any atom is -0.468 e. The third-order valence-electron chi connectivity index (χ3n) is 3.26. The molecule has 0 saturated carbocycles. The second kappa shape index (κ2) is 6.89. The lowest BCUT2D eigenvalue weighted by Crippen LogP contribution is -2.26. The van der Waals surface area contributed by atoms with E-state index in [9.17, 15) is 8.42 Å². The zero-order chi connectivity index (χ0) is 15.3. The van der Waals surface area contributed by atoms with Gasteiger partial charge in [0.25, 0.3) is 0 Å². The number of furan rings is 1. The predicted octanol–water partition coefficient (Wildman–Crippen LogP) is 1.99. The van der Waals surface area contributed by atoms with Crippen molar-refractivity contribution < 1.29 is 12.8 Å². The molecule has 0 aliphatic heterocycles. The van der Waals surface area contributed by atoms with Crippen LogP contribution in [0.15, 0.2) is 52.0 Å². The molecule has 1 aromatic carbocycles. The van der Waals surface area contributed by atoms with Gasteiger partial charge in [-0.2, -0.15) is 4.31 Å². The molecule has 0 amide bonds. The van der Waals surface area contributed by atoms with Gasteiger partial charge < -0.3 is 10.2 Å². The summed E-state index contributed by atoms with van der Waals surface area (Å²) in [6, 6.07) is 10.4. The molecule has 1 aromatic heterocycles. The van der Waals surface area contributed by atoms with E-state index in [4.69, 9.17) is 10.2 Å². The molecule has 0 radical (unpaired) electrons. The summed E-state index contributed by atoms with van der Waals surface area (Å²) >= 11 is 0. The van der Waals surface area contributed by atoms with E-state index in [1.54, 1.807) is 31.3 Å². The fourth-order valence-corrected chi connectivity index (χ4v) is 3.16. The Bertz CT molecular complexity index is 649. The number of hydrogen-bond acceptors (Lipinski definition) is 4. The van der Waals surface area contributed by atoms with Crippen LogP contribution in [0.25, 0.3) is 0 Å². The van der Waals surface area contributed by atoms with Crippen molar-refractivity contribution in [2.45, 2.75) is 24.3 Å². The fourth-order valence-electron chi connectivity index (χ4n) is 2.02. The van der Waals surface area contributed by atoms with E-state index in [1.807, 2.05) is 12.1 Å². The Morgan fingerprint density at radius 1 is 1.19 bits per heavy atom. The highest BCUT2D eigenvalue weighted by molar-refractivity contribution is 7.89. The summed E-state index contributed by atoms with van der Waals surface area (Å²) in [6.07, 6.45) is 3.28. The molecule has 2 N–H and O–H groups in total. The molecule has 0 bridgehead atoms. The lowest BCUT2D eigenvalue weighted by atomic mass is 10.1. The summed E-state index contributed by atoms with van der Waals surface area (Å²) in [5.41, 5.74) is 6.56. The standard InChI is InChI=1S/C15H20N2O3S/c1-17(12-14-5-3-11-20-14)21(18,19)15-8-6-13(7-9-15)4-2-10-16/h3,5-9,11H,2,4,10,12,16H2,1H3. The number of benzene rings is 1. The quantitative estimate of drug-likeness (QED) is 0.848. The maximum absolute atomic E-state index is 12.4. The molecular formula is C15H20N2O3S. The van der Waals surface area contributed by atoms with E-state index in [-0.39, 0.29) is 11.4 Å². The Morgan fingerprint density at radius 2 is 1.90 bits per heavy atom. The highest BCUT2D eigenvalue weighted by Gasteiger charge is 2.21. The molecule has 0 saturated heterocycles. The molecule has 2 rings (SSSR count). The van der Waals surface area contributed by atoms with Gasteiger partial charge in [0.2, 0.25) is 10.0 Å². The minimum atomic E-state index is -3.50. The van der Waals surface area contributed by atoms with Gasteiger partial charge in [-0.15, -0.1) is 0 Å². The van der Waals surface area contributed by atoms with Crippen LogP contribution in [0, 0.1) is 0 Å². The normalized spacial score (nSPS) is 12.0. The Kier molecular flexibility index (Phi) is 5.17. The van der Waals surface area contributed by atoms with E-state index in [0.29, 0.717) is 12.3 Å². The van der Waals surface area contributed by atoms with Crippen LogP contribution < -0.4 is 5.73 Å². The highest BCUT2D eigenvalue weighted by atomic mass is 32.2. The lowest BCUT2D eigenvalue weighted by Gasteiger charge is -2.16. The molecule has 0 spiro atoms. The largest absolute Gasteiger partial charge is 0.468 e. The van der Waals surface area contributed by atoms with Gasteiger partial charge in [-0.05, 0) is 49.2 Å². The summed E-state index contributed by atoms with van der Waals surface area (Å²) in [5, 5.41) is 0. The topological polar surface area (TPSA) is 76.5 Å². The van der Waals surface area contributed by atoms with Gasteiger partial charge in [0.1, 0.15) is 5.76 Å². The average molecular weight is 308 g/mol. The van der Waals surface area contributed by atoms with Crippen LogP contribution in [0.3, 0.4) is 0 Å². The van der Waals surface area contributed by atoms with Gasteiger partial charge in [-0.1, -0.05) is 12.1 Å². The summed E-state index contributed by atoms with van der Waals surface area (Å²) in [7, 11) is -1.96. The Labute approximate surface area is 125 Å². The van der Waals surface area contributed by atoms with Crippen molar-refractivity contribution >= 4 is 10.0 Å². The van der Waals surface area contributed by atoms with Crippen LogP contribution >= 0.6 is 0 Å². The zero-order valence-corrected chi connectivity index (χ0v) is 12.8. The van der Waals surface area contributed by atoms with Crippen LogP contribution in [0.1, 0.15) is 17.7 Å². The van der Waals surface area contributed by atoms with Crippen molar-refractivity contribution in [3.8, 4) is 0 Å². The second-order valence-electron chi connectivity index (χ2n) is 4.88. The van der Waals surface area contributed by atoms with Gasteiger partial charge in [0.15, 0.2) is 0 Å². The van der Waals surface area contributed by atoms with Gasteiger partial charge >= 0.3 is 0 Å². The van der Waals surface area contributed by atoms with Crippen molar-refractivity contribution in [1.29, 1.82) is 0 Å². The number of sulfonamides is 1. The van der Waals surface area contributed by atoms with Gasteiger partial charge in [0, 0.05) is 7.05 Å². The molecule has 0 unspecified atom stereocenters. The van der Waals surface area contributed by atoms with E-state index in [0.717, 1.165) is 18.4 Å². The highest BCUT2D eigenvalue weighted by Crippen LogP contribution is 2.18. The Balaban J connectivity index is 2.11. The van der Waals surface area contributed by atoms with Crippen molar-refractivity contribution in [3.05, 3.63) is 54.0 Å². The van der Waals surface area contributed by atoms with Crippen LogP contribution in [-0.4, -0.2) is 26.3 Å². The molecule has 0 aliphatic carbocycles. The van der Waals surface area contributed by atoms with E-state index in [2.05, 4.69) is 0 Å². The van der Waals surface area contributed by atoms with E-state index >= 15 is 0 Å². The van der Waals surface area contributed by atoms with Gasteiger partial charge in [0.05, 0.1) is 17.7 Å². The Morgan fingerprint density at radius 3 is 2.48 bits per heavy atom. The van der Waals surface area contributed by atoms with Crippen molar-refractivity contribution in [1.82, 2.24) is 4.31 Å². The first-order valence-corrected chi connectivity index (χ1v) is 8.26. The molecule has 1 heterocycles. The number of hydrogen-bond donors (Lipinski definition) is 1. The smallest absolute Gasteiger partial charge is 0.243 e. The number of nitrogens with zero attached hydrogens (tertiary/aromatic N) is 1. The molecule has 0 fully saturated rings. The monoisotopic (exact) mass is 308 g/mol. The third-order valence-corrected chi connectivity index (χ3v) is 5.08. The molecule has 21 heavy (non-hydrogen) atoms. The van der Waals surface area contributed by atoms with Crippen LogP contribution in [0.5, 0.6) is 0 Å². The van der Waals surface area contributed by atoms with Gasteiger partial charge in [-0.3, -0.25) is 0 Å². The second-order valence-corrected chi connectivity index (χ2v) is 6.92. The maximum atomic E-state index is 12.4. The first-order valence-electron chi connectivity index (χ1n) is 6.82. The average Bonchev–Trinajstić information content (AvgIpc) is 2.98. The van der Waals surface area contributed by atoms with Crippen LogP contribution in [0.4, 0.5) is 0 Å². The Hall–Kier alpha value is -1.63. The van der Waals surface area contributed by atoms with E-state index in [1.165, 1.54) is 10.6 Å². The maximum Gasteiger partial charge on any atom is 0.243 e. The van der Waals surface area contributed by atoms with Crippen molar-refractivity contribution in [2.24, 2.45) is 5.73 Å². The third kappa shape index (κ3) is 3.93. The van der Waals surface area contributed by atoms with Crippen molar-refractivity contribution in [3.63, 3.8) is 0 Å². The first-order chi connectivity index (χ1) is 10.0. The van der Waals surface area contributed by atoms with Gasteiger partial charge in [-0.25, -0.2) is 8.42 Å². The number of rotatable bonds is 7. The molecular weight excluding hydrogens is 288 g/mol. The number of nitrogens with two attached hydrogens (primary N) is 1. The predicted molar refractivity (Wildman–Crippen MR) is 81.2 cm³/mol. The molecule has 6 heteroatoms. The summed E-state index contributed by atoms with van der Waals surface area (Å²) in [6.45, 7) is 0.843. The van der Waals surface area contributed by atoms with Crippen LogP contribution in [0.2, 0.25) is 0 Å². The first kappa shape index (κ1) is 15.8. The molecule has 114 valence electrons. The van der Waals surface area contributed by atoms with Crippen LogP contribution in [-0.2, 0) is 23.0 Å². The summed E-state index contributed by atoms with van der Waals surface area (Å²) in [4.78, 5) is 0.285. The fraction of sp³-hybridized carbons (Fsp3) is 0.333. The minimum absolute atomic E-state index is 0.213. The SMILES string of the molecule is CN(Cc1ccco1)S(=O)(=O)c1ccc(CCCN)cc1. The molecule has 0 atom stereocenters. The molecule has 0 aliphatic rings. The summed E-state index contributed by atoms with van der Waals surface area (Å²) < 4.78 is 31.4.